The van der Waals surface area contributed by atoms with Crippen molar-refractivity contribution in [3.05, 3.63) is 53.1 Å². The van der Waals surface area contributed by atoms with Gasteiger partial charge in [0.1, 0.15) is 28.5 Å². The molecule has 192 valence electrons. The maximum Gasteiger partial charge on any atom is 0.406 e. The van der Waals surface area contributed by atoms with E-state index in [4.69, 9.17) is 4.74 Å². The number of piperidine rings is 1. The van der Waals surface area contributed by atoms with Gasteiger partial charge in [0.15, 0.2) is 9.84 Å². The standard InChI is InChI=1S/C25H28F5NO3S/c1-23(2,25(28,29)30)31-10-8-24(9-11-31)7-6-17-12-16(4-5-22(17)34-24)18-13-20(26)19(21(27)14-18)15-35(3,32)33/h4-5,12-14H,6-11,15H2,1-3H3. The Kier molecular flexibility index (Phi) is 6.45. The molecule has 2 aliphatic heterocycles. The molecule has 2 aromatic carbocycles. The van der Waals surface area contributed by atoms with E-state index in [9.17, 15) is 30.4 Å². The van der Waals surface area contributed by atoms with Crippen LogP contribution in [0.1, 0.15) is 44.2 Å². The van der Waals surface area contributed by atoms with Crippen molar-refractivity contribution in [3.8, 4) is 16.9 Å². The minimum atomic E-state index is -4.32. The molecule has 0 amide bonds. The number of rotatable bonds is 4. The molecule has 1 spiro atoms. The summed E-state index contributed by atoms with van der Waals surface area (Å²) in [5, 5.41) is 0. The molecule has 10 heteroatoms. The van der Waals surface area contributed by atoms with Gasteiger partial charge in [-0.3, -0.25) is 4.90 Å². The topological polar surface area (TPSA) is 46.6 Å². The van der Waals surface area contributed by atoms with Crippen LogP contribution in [0.4, 0.5) is 22.0 Å². The highest BCUT2D eigenvalue weighted by atomic mass is 32.2. The number of fused-ring (bicyclic) bond motifs is 1. The van der Waals surface area contributed by atoms with E-state index in [0.717, 1.165) is 24.0 Å². The van der Waals surface area contributed by atoms with Crippen molar-refractivity contribution in [3.63, 3.8) is 0 Å². The first-order chi connectivity index (χ1) is 16.1. The van der Waals surface area contributed by atoms with Crippen molar-refractivity contribution in [2.75, 3.05) is 19.3 Å². The molecular formula is C25H28F5NO3S. The average Bonchev–Trinajstić information content (AvgIpc) is 2.75. The monoisotopic (exact) mass is 517 g/mol. The Bertz CT molecular complexity index is 1210. The molecule has 0 N–H and O–H groups in total. The van der Waals surface area contributed by atoms with Crippen molar-refractivity contribution in [2.45, 2.75) is 62.6 Å². The predicted octanol–water partition coefficient (Wildman–Crippen LogP) is 5.68. The quantitative estimate of drug-likeness (QED) is 0.490. The summed E-state index contributed by atoms with van der Waals surface area (Å²) in [6.45, 7) is 2.95. The summed E-state index contributed by atoms with van der Waals surface area (Å²) in [5.41, 5.74) is -1.22. The summed E-state index contributed by atoms with van der Waals surface area (Å²) in [6, 6.07) is 7.42. The smallest absolute Gasteiger partial charge is 0.406 e. The van der Waals surface area contributed by atoms with Gasteiger partial charge in [-0.25, -0.2) is 17.2 Å². The first-order valence-electron chi connectivity index (χ1n) is 11.4. The van der Waals surface area contributed by atoms with Gasteiger partial charge in [-0.2, -0.15) is 13.2 Å². The number of hydrogen-bond donors (Lipinski definition) is 0. The Morgan fingerprint density at radius 1 is 0.971 bits per heavy atom. The van der Waals surface area contributed by atoms with Crippen molar-refractivity contribution in [1.82, 2.24) is 4.90 Å². The Morgan fingerprint density at radius 3 is 2.11 bits per heavy atom. The average molecular weight is 518 g/mol. The lowest BCUT2D eigenvalue weighted by molar-refractivity contribution is -0.227. The fraction of sp³-hybridized carbons (Fsp3) is 0.520. The van der Waals surface area contributed by atoms with E-state index in [-0.39, 0.29) is 18.7 Å². The summed E-state index contributed by atoms with van der Waals surface area (Å²) < 4.78 is 98.5. The summed E-state index contributed by atoms with van der Waals surface area (Å²) in [5.74, 6) is -1.94. The zero-order valence-electron chi connectivity index (χ0n) is 19.8. The van der Waals surface area contributed by atoms with E-state index in [1.165, 1.54) is 18.7 Å². The van der Waals surface area contributed by atoms with Gasteiger partial charge in [-0.15, -0.1) is 0 Å². The summed E-state index contributed by atoms with van der Waals surface area (Å²) >= 11 is 0. The second-order valence-electron chi connectivity index (χ2n) is 10.1. The number of alkyl halides is 3. The van der Waals surface area contributed by atoms with E-state index in [1.54, 1.807) is 18.2 Å². The predicted molar refractivity (Wildman–Crippen MR) is 123 cm³/mol. The third-order valence-electron chi connectivity index (χ3n) is 7.28. The molecule has 0 radical (unpaired) electrons. The largest absolute Gasteiger partial charge is 0.487 e. The van der Waals surface area contributed by atoms with Crippen LogP contribution in [-0.4, -0.2) is 50.0 Å². The van der Waals surface area contributed by atoms with Gasteiger partial charge in [-0.05, 0) is 80.5 Å². The number of nitrogens with zero attached hydrogens (tertiary/aromatic N) is 1. The van der Waals surface area contributed by atoms with Gasteiger partial charge in [0.25, 0.3) is 0 Å². The van der Waals surface area contributed by atoms with Crippen molar-refractivity contribution >= 4 is 9.84 Å². The van der Waals surface area contributed by atoms with Crippen LogP contribution in [0, 0.1) is 11.6 Å². The SMILES string of the molecule is CC(C)(N1CCC2(CCc3cc(-c4cc(F)c(CS(C)(=O)=O)c(F)c4)ccc3O2)CC1)C(F)(F)F. The number of likely N-dealkylation sites (tertiary alicyclic amines) is 1. The highest BCUT2D eigenvalue weighted by Gasteiger charge is 2.53. The Labute approximate surface area is 202 Å². The van der Waals surface area contributed by atoms with Gasteiger partial charge in [0.05, 0.1) is 5.75 Å². The first-order valence-corrected chi connectivity index (χ1v) is 13.5. The van der Waals surface area contributed by atoms with Crippen LogP contribution < -0.4 is 4.74 Å². The molecule has 4 nitrogen and oxygen atoms in total. The number of ether oxygens (including phenoxy) is 1. The van der Waals surface area contributed by atoms with Gasteiger partial charge in [0.2, 0.25) is 0 Å². The number of halogens is 5. The molecule has 2 aliphatic rings. The fourth-order valence-electron chi connectivity index (χ4n) is 4.88. The molecule has 0 saturated carbocycles. The second-order valence-corrected chi connectivity index (χ2v) is 12.3. The Balaban J connectivity index is 1.51. The molecule has 2 aromatic rings. The molecule has 1 saturated heterocycles. The van der Waals surface area contributed by atoms with Crippen LogP contribution in [0.15, 0.2) is 30.3 Å². The molecule has 0 unspecified atom stereocenters. The molecular weight excluding hydrogens is 489 g/mol. The van der Waals surface area contributed by atoms with E-state index in [2.05, 4.69) is 0 Å². The molecule has 4 rings (SSSR count). The number of hydrogen-bond acceptors (Lipinski definition) is 4. The normalized spacial score (nSPS) is 18.9. The molecule has 0 aliphatic carbocycles. The molecule has 0 aromatic heterocycles. The number of benzene rings is 2. The number of aryl methyl sites for hydroxylation is 1. The van der Waals surface area contributed by atoms with Gasteiger partial charge in [0, 0.05) is 24.9 Å². The van der Waals surface area contributed by atoms with Gasteiger partial charge in [-0.1, -0.05) is 6.07 Å². The highest BCUT2D eigenvalue weighted by molar-refractivity contribution is 7.89. The minimum absolute atomic E-state index is 0.276. The lowest BCUT2D eigenvalue weighted by Gasteiger charge is -2.49. The Morgan fingerprint density at radius 2 is 1.57 bits per heavy atom. The van der Waals surface area contributed by atoms with Gasteiger partial charge < -0.3 is 4.74 Å². The van der Waals surface area contributed by atoms with Crippen LogP contribution >= 0.6 is 0 Å². The van der Waals surface area contributed by atoms with Crippen LogP contribution in [0.25, 0.3) is 11.1 Å². The van der Waals surface area contributed by atoms with Crippen molar-refractivity contribution in [1.29, 1.82) is 0 Å². The number of sulfone groups is 1. The molecule has 2 heterocycles. The van der Waals surface area contributed by atoms with E-state index < -0.39 is 50.1 Å². The van der Waals surface area contributed by atoms with E-state index in [1.807, 2.05) is 0 Å². The molecule has 35 heavy (non-hydrogen) atoms. The van der Waals surface area contributed by atoms with Crippen molar-refractivity contribution in [2.24, 2.45) is 0 Å². The summed E-state index contributed by atoms with van der Waals surface area (Å²) in [4.78, 5) is 1.46. The highest BCUT2D eigenvalue weighted by Crippen LogP contribution is 2.44. The zero-order chi connectivity index (χ0) is 25.8. The Hall–Kier alpha value is -2.20. The molecule has 0 bridgehead atoms. The third kappa shape index (κ3) is 5.18. The maximum absolute atomic E-state index is 14.5. The first kappa shape index (κ1) is 25.9. The van der Waals surface area contributed by atoms with Crippen LogP contribution in [0.5, 0.6) is 5.75 Å². The molecule has 0 atom stereocenters. The minimum Gasteiger partial charge on any atom is -0.487 e. The summed E-state index contributed by atoms with van der Waals surface area (Å²) in [6.07, 6.45) is -1.19. The lowest BCUT2D eigenvalue weighted by Crippen LogP contribution is -2.60. The third-order valence-corrected chi connectivity index (χ3v) is 8.09. The van der Waals surface area contributed by atoms with E-state index >= 15 is 0 Å². The summed E-state index contributed by atoms with van der Waals surface area (Å²) in [7, 11) is -3.60. The van der Waals surface area contributed by atoms with Gasteiger partial charge >= 0.3 is 6.18 Å². The molecule has 1 fully saturated rings. The van der Waals surface area contributed by atoms with Crippen LogP contribution in [0.2, 0.25) is 0 Å². The second kappa shape index (κ2) is 8.73. The fourth-order valence-corrected chi connectivity index (χ4v) is 5.68. The lowest BCUT2D eigenvalue weighted by atomic mass is 9.81. The van der Waals surface area contributed by atoms with Crippen LogP contribution in [-0.2, 0) is 22.0 Å². The zero-order valence-corrected chi connectivity index (χ0v) is 20.6. The van der Waals surface area contributed by atoms with E-state index in [0.29, 0.717) is 37.0 Å². The maximum atomic E-state index is 14.5. The van der Waals surface area contributed by atoms with Crippen LogP contribution in [0.3, 0.4) is 0 Å². The van der Waals surface area contributed by atoms with Crippen molar-refractivity contribution < 1.29 is 35.1 Å².